The van der Waals surface area contributed by atoms with Crippen LogP contribution in [0.1, 0.15) is 22.3 Å². The number of hydrogen-bond acceptors (Lipinski definition) is 8. The zero-order chi connectivity index (χ0) is 27.8. The zero-order valence-electron chi connectivity index (χ0n) is 21.7. The molecule has 3 N–H and O–H groups in total. The number of anilines is 1. The maximum Gasteiger partial charge on any atom is 0.329 e. The average Bonchev–Trinajstić information content (AvgIpc) is 3.41. The number of hydrogen-bond donors (Lipinski definition) is 3. The SMILES string of the molecule is COc1cc(/C=N\NC(=O)C(=O)NCc2ccc3c(c2)OCO3)ccc1OCC(=O)Nc1ccc(C)c(C)c1. The predicted octanol–water partition coefficient (Wildman–Crippen LogP) is 2.82. The van der Waals surface area contributed by atoms with E-state index in [2.05, 4.69) is 21.2 Å². The molecule has 4 rings (SSSR count). The van der Waals surface area contributed by atoms with Crippen molar-refractivity contribution in [3.8, 4) is 23.0 Å². The molecule has 0 unspecified atom stereocenters. The molecular weight excluding hydrogens is 504 g/mol. The largest absolute Gasteiger partial charge is 0.493 e. The Hall–Kier alpha value is -5.06. The summed E-state index contributed by atoms with van der Waals surface area (Å²) in [4.78, 5) is 36.5. The predicted molar refractivity (Wildman–Crippen MR) is 143 cm³/mol. The molecule has 0 aromatic heterocycles. The van der Waals surface area contributed by atoms with Crippen molar-refractivity contribution in [3.05, 3.63) is 76.9 Å². The fraction of sp³-hybridized carbons (Fsp3) is 0.214. The fourth-order valence-corrected chi connectivity index (χ4v) is 3.57. The van der Waals surface area contributed by atoms with E-state index in [9.17, 15) is 14.4 Å². The molecule has 3 amide bonds. The highest BCUT2D eigenvalue weighted by molar-refractivity contribution is 6.35. The molecule has 0 spiro atoms. The second-order valence-corrected chi connectivity index (χ2v) is 8.62. The first-order valence-electron chi connectivity index (χ1n) is 12.0. The first-order chi connectivity index (χ1) is 18.8. The van der Waals surface area contributed by atoms with Crippen LogP contribution in [0.3, 0.4) is 0 Å². The van der Waals surface area contributed by atoms with Gasteiger partial charge in [-0.25, -0.2) is 5.43 Å². The van der Waals surface area contributed by atoms with Gasteiger partial charge < -0.3 is 29.6 Å². The van der Waals surface area contributed by atoms with E-state index in [1.54, 1.807) is 36.4 Å². The second kappa shape index (κ2) is 12.5. The summed E-state index contributed by atoms with van der Waals surface area (Å²) in [5, 5.41) is 9.13. The summed E-state index contributed by atoms with van der Waals surface area (Å²) in [6.07, 6.45) is 1.35. The third kappa shape index (κ3) is 7.25. The van der Waals surface area contributed by atoms with Crippen molar-refractivity contribution in [2.45, 2.75) is 20.4 Å². The Balaban J connectivity index is 1.25. The summed E-state index contributed by atoms with van der Waals surface area (Å²) in [5.41, 5.74) is 6.40. The van der Waals surface area contributed by atoms with Crippen LogP contribution in [0.4, 0.5) is 5.69 Å². The van der Waals surface area contributed by atoms with E-state index in [1.165, 1.54) is 13.3 Å². The minimum absolute atomic E-state index is 0.133. The lowest BCUT2D eigenvalue weighted by molar-refractivity contribution is -0.139. The smallest absolute Gasteiger partial charge is 0.329 e. The van der Waals surface area contributed by atoms with Gasteiger partial charge in [-0.05, 0) is 78.6 Å². The average molecular weight is 533 g/mol. The van der Waals surface area contributed by atoms with Crippen LogP contribution in [-0.4, -0.2) is 44.4 Å². The lowest BCUT2D eigenvalue weighted by Crippen LogP contribution is -2.37. The Bertz CT molecular complexity index is 1420. The van der Waals surface area contributed by atoms with Gasteiger partial charge in [0, 0.05) is 12.2 Å². The monoisotopic (exact) mass is 532 g/mol. The highest BCUT2D eigenvalue weighted by Crippen LogP contribution is 2.32. The molecule has 0 bridgehead atoms. The molecule has 0 saturated carbocycles. The molecular formula is C28H28N4O7. The molecule has 0 aliphatic carbocycles. The highest BCUT2D eigenvalue weighted by Gasteiger charge is 2.16. The number of benzene rings is 3. The van der Waals surface area contributed by atoms with Gasteiger partial charge in [0.05, 0.1) is 13.3 Å². The number of hydrazone groups is 1. The van der Waals surface area contributed by atoms with E-state index < -0.39 is 11.8 Å². The number of nitrogens with one attached hydrogen (secondary N) is 3. The van der Waals surface area contributed by atoms with E-state index >= 15 is 0 Å². The van der Waals surface area contributed by atoms with Gasteiger partial charge >= 0.3 is 11.8 Å². The third-order valence-electron chi connectivity index (χ3n) is 5.81. The van der Waals surface area contributed by atoms with Gasteiger partial charge in [-0.15, -0.1) is 0 Å². The molecule has 39 heavy (non-hydrogen) atoms. The van der Waals surface area contributed by atoms with Crippen molar-refractivity contribution in [2.24, 2.45) is 5.10 Å². The van der Waals surface area contributed by atoms with Gasteiger partial charge in [-0.2, -0.15) is 5.10 Å². The first kappa shape index (κ1) is 27.0. The van der Waals surface area contributed by atoms with Crippen LogP contribution in [0, 0.1) is 13.8 Å². The number of ether oxygens (including phenoxy) is 4. The van der Waals surface area contributed by atoms with Crippen molar-refractivity contribution in [1.29, 1.82) is 0 Å². The van der Waals surface area contributed by atoms with E-state index in [4.69, 9.17) is 18.9 Å². The number of nitrogens with zero attached hydrogens (tertiary/aromatic N) is 1. The van der Waals surface area contributed by atoms with Crippen LogP contribution < -0.4 is 35.0 Å². The Morgan fingerprint density at radius 2 is 1.74 bits per heavy atom. The lowest BCUT2D eigenvalue weighted by atomic mass is 10.1. The summed E-state index contributed by atoms with van der Waals surface area (Å²) < 4.78 is 21.5. The van der Waals surface area contributed by atoms with Crippen LogP contribution in [0.5, 0.6) is 23.0 Å². The van der Waals surface area contributed by atoms with Crippen LogP contribution >= 0.6 is 0 Å². The van der Waals surface area contributed by atoms with E-state index in [-0.39, 0.29) is 25.9 Å². The number of fused-ring (bicyclic) bond motifs is 1. The molecule has 202 valence electrons. The molecule has 3 aromatic carbocycles. The van der Waals surface area contributed by atoms with Crippen molar-refractivity contribution < 1.29 is 33.3 Å². The van der Waals surface area contributed by atoms with Gasteiger partial charge in [0.25, 0.3) is 5.91 Å². The topological polar surface area (TPSA) is 137 Å². The molecule has 1 aliphatic heterocycles. The Kier molecular flexibility index (Phi) is 8.62. The number of methoxy groups -OCH3 is 1. The van der Waals surface area contributed by atoms with Crippen LogP contribution in [0.15, 0.2) is 59.7 Å². The molecule has 0 saturated heterocycles. The number of carbonyl (C=O) groups excluding carboxylic acids is 3. The number of amides is 3. The molecule has 11 heteroatoms. The van der Waals surface area contributed by atoms with Crippen LogP contribution in [0.25, 0.3) is 0 Å². The zero-order valence-corrected chi connectivity index (χ0v) is 21.7. The molecule has 0 atom stereocenters. The highest BCUT2D eigenvalue weighted by atomic mass is 16.7. The second-order valence-electron chi connectivity index (χ2n) is 8.62. The molecule has 0 fully saturated rings. The third-order valence-corrected chi connectivity index (χ3v) is 5.81. The maximum atomic E-state index is 12.3. The minimum atomic E-state index is -0.923. The maximum absolute atomic E-state index is 12.3. The Morgan fingerprint density at radius 3 is 2.54 bits per heavy atom. The van der Waals surface area contributed by atoms with Gasteiger partial charge in [0.1, 0.15) is 0 Å². The van der Waals surface area contributed by atoms with Crippen molar-refractivity contribution in [1.82, 2.24) is 10.7 Å². The van der Waals surface area contributed by atoms with Gasteiger partial charge in [-0.1, -0.05) is 12.1 Å². The molecule has 3 aromatic rings. The van der Waals surface area contributed by atoms with Gasteiger partial charge in [0.15, 0.2) is 29.6 Å². The standard InChI is InChI=1S/C28H28N4O7/c1-17-4-7-21(10-18(17)2)31-26(33)15-37-22-8-6-20(11-24(22)36-3)14-30-32-28(35)27(34)29-13-19-5-9-23-25(12-19)39-16-38-23/h4-12,14H,13,15-16H2,1-3H3,(H,29,34)(H,31,33)(H,32,35)/b30-14-. The molecule has 1 aliphatic rings. The molecule has 1 heterocycles. The summed E-state index contributed by atoms with van der Waals surface area (Å²) in [6, 6.07) is 15.8. The summed E-state index contributed by atoms with van der Waals surface area (Å²) in [7, 11) is 1.46. The number of carbonyl (C=O) groups is 3. The van der Waals surface area contributed by atoms with Crippen LogP contribution in [-0.2, 0) is 20.9 Å². The first-order valence-corrected chi connectivity index (χ1v) is 12.0. The Labute approximate surface area is 225 Å². The normalized spacial score (nSPS) is 11.7. The van der Waals surface area contributed by atoms with Gasteiger partial charge in [-0.3, -0.25) is 14.4 Å². The lowest BCUT2D eigenvalue weighted by Gasteiger charge is -2.12. The van der Waals surface area contributed by atoms with E-state index in [0.717, 1.165) is 16.7 Å². The van der Waals surface area contributed by atoms with E-state index in [1.807, 2.05) is 32.0 Å². The molecule has 0 radical (unpaired) electrons. The van der Waals surface area contributed by atoms with Crippen molar-refractivity contribution >= 4 is 29.6 Å². The Morgan fingerprint density at radius 1 is 0.923 bits per heavy atom. The number of rotatable bonds is 9. The van der Waals surface area contributed by atoms with E-state index in [0.29, 0.717) is 34.2 Å². The summed E-state index contributed by atoms with van der Waals surface area (Å²) in [5.74, 6) is -0.137. The summed E-state index contributed by atoms with van der Waals surface area (Å²) >= 11 is 0. The van der Waals surface area contributed by atoms with Crippen molar-refractivity contribution in [2.75, 3.05) is 25.8 Å². The minimum Gasteiger partial charge on any atom is -0.493 e. The fourth-order valence-electron chi connectivity index (χ4n) is 3.57. The quantitative estimate of drug-likeness (QED) is 0.219. The van der Waals surface area contributed by atoms with Crippen LogP contribution in [0.2, 0.25) is 0 Å². The molecule has 11 nitrogen and oxygen atoms in total. The van der Waals surface area contributed by atoms with Gasteiger partial charge in [0.2, 0.25) is 6.79 Å². The summed E-state index contributed by atoms with van der Waals surface area (Å²) in [6.45, 7) is 4.04. The number of aryl methyl sites for hydroxylation is 2. The van der Waals surface area contributed by atoms with Crippen molar-refractivity contribution in [3.63, 3.8) is 0 Å².